The van der Waals surface area contributed by atoms with Crippen LogP contribution >= 0.6 is 23.2 Å². The molecule has 5 rings (SSSR count). The molecule has 0 spiro atoms. The van der Waals surface area contributed by atoms with Crippen molar-refractivity contribution in [3.05, 3.63) is 104 Å². The Morgan fingerprint density at radius 3 is 2.11 bits per heavy atom. The lowest BCUT2D eigenvalue weighted by molar-refractivity contribution is 0.105. The Bertz CT molecular complexity index is 1510. The fourth-order valence-corrected chi connectivity index (χ4v) is 5.69. The Hall–Kier alpha value is -3.37. The fourth-order valence-electron chi connectivity index (χ4n) is 5.44. The second kappa shape index (κ2) is 10.8. The van der Waals surface area contributed by atoms with Crippen molar-refractivity contribution in [2.75, 3.05) is 24.5 Å². The van der Waals surface area contributed by atoms with Crippen LogP contribution in [0.2, 0.25) is 10.0 Å². The molecule has 1 aliphatic rings. The van der Waals surface area contributed by atoms with Crippen LogP contribution in [0.1, 0.15) is 36.7 Å². The van der Waals surface area contributed by atoms with Gasteiger partial charge >= 0.3 is 0 Å². The third kappa shape index (κ3) is 5.02. The van der Waals surface area contributed by atoms with Gasteiger partial charge in [0.05, 0.1) is 17.2 Å². The van der Waals surface area contributed by atoms with Gasteiger partial charge in [-0.05, 0) is 53.4 Å². The van der Waals surface area contributed by atoms with Crippen molar-refractivity contribution in [1.29, 1.82) is 5.26 Å². The normalized spacial score (nSPS) is 16.4. The first-order chi connectivity index (χ1) is 18.3. The number of nitriles is 1. The van der Waals surface area contributed by atoms with Gasteiger partial charge in [-0.15, -0.1) is 0 Å². The molecular formula is C30H29Cl2N5O. The molecule has 0 aliphatic carbocycles. The molecule has 38 heavy (non-hydrogen) atoms. The second-order valence-corrected chi connectivity index (χ2v) is 11.0. The van der Waals surface area contributed by atoms with E-state index in [9.17, 15) is 10.1 Å². The summed E-state index contributed by atoms with van der Waals surface area (Å²) in [7, 11) is 1.74. The quantitative estimate of drug-likeness (QED) is 0.305. The van der Waals surface area contributed by atoms with Crippen molar-refractivity contribution in [2.45, 2.75) is 25.9 Å². The van der Waals surface area contributed by atoms with Crippen molar-refractivity contribution >= 4 is 39.9 Å². The van der Waals surface area contributed by atoms with E-state index in [1.807, 2.05) is 24.3 Å². The molecule has 3 heterocycles. The van der Waals surface area contributed by atoms with E-state index in [0.29, 0.717) is 33.7 Å². The molecule has 2 aromatic carbocycles. The molecule has 0 bridgehead atoms. The number of hydrogen-bond donors (Lipinski definition) is 0. The van der Waals surface area contributed by atoms with Crippen LogP contribution in [0.15, 0.2) is 71.5 Å². The number of halogens is 2. The van der Waals surface area contributed by atoms with E-state index >= 15 is 0 Å². The Labute approximate surface area is 232 Å². The maximum absolute atomic E-state index is 12.9. The van der Waals surface area contributed by atoms with E-state index in [0.717, 1.165) is 35.4 Å². The number of piperazine rings is 1. The maximum atomic E-state index is 12.9. The summed E-state index contributed by atoms with van der Waals surface area (Å²) in [5, 5.41) is 10.9. The number of aryl methyl sites for hydroxylation is 1. The lowest BCUT2D eigenvalue weighted by atomic mass is 9.91. The van der Waals surface area contributed by atoms with Crippen molar-refractivity contribution in [3.8, 4) is 6.07 Å². The van der Waals surface area contributed by atoms with E-state index in [4.69, 9.17) is 23.2 Å². The summed E-state index contributed by atoms with van der Waals surface area (Å²) in [5.41, 5.74) is 4.74. The summed E-state index contributed by atoms with van der Waals surface area (Å²) < 4.78 is 1.58. The molecule has 0 radical (unpaired) electrons. The Balaban J connectivity index is 1.57. The van der Waals surface area contributed by atoms with Crippen LogP contribution in [0.4, 0.5) is 5.69 Å². The third-order valence-electron chi connectivity index (χ3n) is 7.46. The predicted octanol–water partition coefficient (Wildman–Crippen LogP) is 6.05. The maximum Gasteiger partial charge on any atom is 0.252 e. The van der Waals surface area contributed by atoms with Gasteiger partial charge in [-0.1, -0.05) is 61.3 Å². The largest absolute Gasteiger partial charge is 0.367 e. The SMILES string of the molecule is CC(C)C1CN(c2cc(=O)n(C)c3ccc(C#N)nc23)CCN1C(c1ccc(Cl)cc1)c1ccc(Cl)cc1. The van der Waals surface area contributed by atoms with Crippen LogP contribution in [-0.2, 0) is 7.05 Å². The second-order valence-electron chi connectivity index (χ2n) is 10.1. The molecule has 4 aromatic rings. The number of benzene rings is 2. The van der Waals surface area contributed by atoms with E-state index in [1.54, 1.807) is 29.8 Å². The predicted molar refractivity (Wildman–Crippen MR) is 154 cm³/mol. The number of fused-ring (bicyclic) bond motifs is 1. The molecule has 1 atom stereocenters. The molecule has 1 fully saturated rings. The molecule has 6 nitrogen and oxygen atoms in total. The molecule has 0 N–H and O–H groups in total. The summed E-state index contributed by atoms with van der Waals surface area (Å²) in [6, 6.07) is 23.5. The highest BCUT2D eigenvalue weighted by Crippen LogP contribution is 2.36. The molecule has 0 amide bonds. The van der Waals surface area contributed by atoms with Crippen molar-refractivity contribution in [1.82, 2.24) is 14.5 Å². The van der Waals surface area contributed by atoms with Crippen LogP contribution in [0.5, 0.6) is 0 Å². The molecule has 8 heteroatoms. The first-order valence-electron chi connectivity index (χ1n) is 12.7. The van der Waals surface area contributed by atoms with Crippen LogP contribution in [0.25, 0.3) is 11.0 Å². The summed E-state index contributed by atoms with van der Waals surface area (Å²) in [6.07, 6.45) is 0. The topological polar surface area (TPSA) is 65.2 Å². The third-order valence-corrected chi connectivity index (χ3v) is 7.96. The number of nitrogens with zero attached hydrogens (tertiary/aromatic N) is 5. The Morgan fingerprint density at radius 2 is 1.55 bits per heavy atom. The standard InChI is InChI=1S/C30H29Cl2N5O/c1-19(2)27-18-36(26-16-28(38)35(3)25-13-12-24(17-33)34-29(25)26)14-15-37(27)30(20-4-8-22(31)9-5-20)21-6-10-23(32)11-7-21/h4-13,16,19,27,30H,14-15,18H2,1-3H3. The molecule has 194 valence electrons. The van der Waals surface area contributed by atoms with Gasteiger partial charge in [-0.2, -0.15) is 5.26 Å². The number of anilines is 1. The van der Waals surface area contributed by atoms with Crippen molar-refractivity contribution in [3.63, 3.8) is 0 Å². The first-order valence-corrected chi connectivity index (χ1v) is 13.4. The van der Waals surface area contributed by atoms with Crippen LogP contribution in [0.3, 0.4) is 0 Å². The van der Waals surface area contributed by atoms with Gasteiger partial charge in [-0.25, -0.2) is 4.98 Å². The summed E-state index contributed by atoms with van der Waals surface area (Å²) in [4.78, 5) is 22.3. The molecule has 0 saturated carbocycles. The average Bonchev–Trinajstić information content (AvgIpc) is 2.92. The molecule has 1 unspecified atom stereocenters. The lowest BCUT2D eigenvalue weighted by Crippen LogP contribution is -2.56. The van der Waals surface area contributed by atoms with E-state index in [2.05, 4.69) is 59.0 Å². The minimum Gasteiger partial charge on any atom is -0.367 e. The van der Waals surface area contributed by atoms with E-state index in [1.165, 1.54) is 0 Å². The number of aromatic nitrogens is 2. The minimum absolute atomic E-state index is 0.0165. The highest BCUT2D eigenvalue weighted by Gasteiger charge is 2.36. The van der Waals surface area contributed by atoms with Crippen LogP contribution in [0, 0.1) is 17.2 Å². The molecule has 1 aliphatic heterocycles. The fraction of sp³-hybridized carbons (Fsp3) is 0.300. The number of pyridine rings is 2. The molecule has 2 aromatic heterocycles. The van der Waals surface area contributed by atoms with Gasteiger partial charge in [0.1, 0.15) is 17.3 Å². The zero-order chi connectivity index (χ0) is 27.0. The zero-order valence-electron chi connectivity index (χ0n) is 21.6. The van der Waals surface area contributed by atoms with Gasteiger partial charge < -0.3 is 9.47 Å². The Morgan fingerprint density at radius 1 is 0.947 bits per heavy atom. The summed E-state index contributed by atoms with van der Waals surface area (Å²) >= 11 is 12.5. The van der Waals surface area contributed by atoms with Crippen molar-refractivity contribution < 1.29 is 0 Å². The molecular weight excluding hydrogens is 517 g/mol. The molecule has 1 saturated heterocycles. The highest BCUT2D eigenvalue weighted by atomic mass is 35.5. The van der Waals surface area contributed by atoms with Crippen molar-refractivity contribution in [2.24, 2.45) is 13.0 Å². The lowest BCUT2D eigenvalue weighted by Gasteiger charge is -2.48. The minimum atomic E-state index is -0.0947. The van der Waals surface area contributed by atoms with Gasteiger partial charge in [-0.3, -0.25) is 9.69 Å². The Kier molecular flexibility index (Phi) is 7.45. The summed E-state index contributed by atoms with van der Waals surface area (Å²) in [5.74, 6) is 0.334. The van der Waals surface area contributed by atoms with Crippen LogP contribution in [-0.4, -0.2) is 40.1 Å². The highest BCUT2D eigenvalue weighted by molar-refractivity contribution is 6.30. The smallest absolute Gasteiger partial charge is 0.252 e. The van der Waals surface area contributed by atoms with Gasteiger partial charge in [0.15, 0.2) is 0 Å². The van der Waals surface area contributed by atoms with Gasteiger partial charge in [0, 0.05) is 48.8 Å². The zero-order valence-corrected chi connectivity index (χ0v) is 23.1. The van der Waals surface area contributed by atoms with Gasteiger partial charge in [0.2, 0.25) is 0 Å². The number of hydrogen-bond acceptors (Lipinski definition) is 5. The first kappa shape index (κ1) is 26.2. The van der Waals surface area contributed by atoms with E-state index < -0.39 is 0 Å². The summed E-state index contributed by atoms with van der Waals surface area (Å²) in [6.45, 7) is 6.66. The van der Waals surface area contributed by atoms with E-state index in [-0.39, 0.29) is 17.6 Å². The number of rotatable bonds is 5. The monoisotopic (exact) mass is 545 g/mol. The van der Waals surface area contributed by atoms with Crippen LogP contribution < -0.4 is 10.5 Å². The average molecular weight is 547 g/mol. The van der Waals surface area contributed by atoms with Gasteiger partial charge in [0.25, 0.3) is 5.56 Å².